The molecule has 6 heteroatoms. The van der Waals surface area contributed by atoms with Crippen LogP contribution in [0.1, 0.15) is 33.1 Å². The van der Waals surface area contributed by atoms with Crippen molar-refractivity contribution in [2.45, 2.75) is 39.2 Å². The molecule has 0 radical (unpaired) electrons. The van der Waals surface area contributed by atoms with Crippen LogP contribution in [0.4, 0.5) is 0 Å². The number of carbonyl (C=O) groups is 2. The molecule has 2 fully saturated rings. The Labute approximate surface area is 133 Å². The maximum absolute atomic E-state index is 12.4. The van der Waals surface area contributed by atoms with Crippen LogP contribution < -0.4 is 5.32 Å². The quantitative estimate of drug-likeness (QED) is 0.802. The second kappa shape index (κ2) is 7.42. The molecule has 0 saturated carbocycles. The van der Waals surface area contributed by atoms with E-state index in [9.17, 15) is 9.59 Å². The number of nitrogens with zero attached hydrogens (tertiary/aromatic N) is 2. The molecule has 0 aliphatic carbocycles. The van der Waals surface area contributed by atoms with Gasteiger partial charge >= 0.3 is 0 Å². The molecule has 1 spiro atoms. The molecular formula is C16H29N3O3. The summed E-state index contributed by atoms with van der Waals surface area (Å²) >= 11 is 0. The van der Waals surface area contributed by atoms with E-state index in [1.54, 1.807) is 4.90 Å². The van der Waals surface area contributed by atoms with Gasteiger partial charge in [0.15, 0.2) is 0 Å². The zero-order chi connectivity index (χ0) is 16.2. The van der Waals surface area contributed by atoms with Crippen LogP contribution in [0.3, 0.4) is 0 Å². The van der Waals surface area contributed by atoms with Crippen LogP contribution in [0.2, 0.25) is 0 Å². The lowest BCUT2D eigenvalue weighted by molar-refractivity contribution is -0.132. The fourth-order valence-electron chi connectivity index (χ4n) is 3.38. The fourth-order valence-corrected chi connectivity index (χ4v) is 3.38. The van der Waals surface area contributed by atoms with Crippen molar-refractivity contribution in [1.82, 2.24) is 15.1 Å². The lowest BCUT2D eigenvalue weighted by atomic mass is 9.82. The minimum absolute atomic E-state index is 0.0381. The normalized spacial score (nSPS) is 25.2. The average molecular weight is 311 g/mol. The third-order valence-electron chi connectivity index (χ3n) is 4.46. The van der Waals surface area contributed by atoms with Gasteiger partial charge < -0.3 is 15.0 Å². The van der Waals surface area contributed by atoms with E-state index in [0.717, 1.165) is 45.6 Å². The van der Waals surface area contributed by atoms with Crippen LogP contribution in [0, 0.1) is 5.41 Å². The summed E-state index contributed by atoms with van der Waals surface area (Å²) in [6.45, 7) is 7.66. The van der Waals surface area contributed by atoms with Crippen molar-refractivity contribution in [2.24, 2.45) is 5.41 Å². The van der Waals surface area contributed by atoms with Gasteiger partial charge in [-0.3, -0.25) is 14.5 Å². The molecule has 1 unspecified atom stereocenters. The van der Waals surface area contributed by atoms with Crippen molar-refractivity contribution < 1.29 is 14.3 Å². The highest BCUT2D eigenvalue weighted by Gasteiger charge is 2.41. The zero-order valence-electron chi connectivity index (χ0n) is 14.1. The molecule has 0 aromatic heterocycles. The number of rotatable bonds is 5. The number of hydrogen-bond donors (Lipinski definition) is 1. The molecule has 1 N–H and O–H groups in total. The monoisotopic (exact) mass is 311 g/mol. The van der Waals surface area contributed by atoms with Gasteiger partial charge in [-0.2, -0.15) is 0 Å². The van der Waals surface area contributed by atoms with E-state index in [1.807, 2.05) is 25.8 Å². The lowest BCUT2D eigenvalue weighted by Gasteiger charge is -2.33. The first kappa shape index (κ1) is 17.2. The summed E-state index contributed by atoms with van der Waals surface area (Å²) in [5.41, 5.74) is 0.182. The second-order valence-corrected chi connectivity index (χ2v) is 7.12. The molecule has 2 heterocycles. The first-order valence-corrected chi connectivity index (χ1v) is 8.24. The Morgan fingerprint density at radius 3 is 2.73 bits per heavy atom. The highest BCUT2D eigenvalue weighted by molar-refractivity contribution is 5.81. The Kier molecular flexibility index (Phi) is 5.81. The standard InChI is InChI=1S/C16H29N3O3/c1-13(2)17-14(20)9-18(3)10-15(21)19-7-6-16(11-19)5-4-8-22-12-16/h13H,4-12H2,1-3H3,(H,17,20). The van der Waals surface area contributed by atoms with Crippen LogP contribution in [0.25, 0.3) is 0 Å². The Morgan fingerprint density at radius 1 is 1.32 bits per heavy atom. The van der Waals surface area contributed by atoms with E-state index >= 15 is 0 Å². The smallest absolute Gasteiger partial charge is 0.236 e. The first-order valence-electron chi connectivity index (χ1n) is 8.24. The molecule has 6 nitrogen and oxygen atoms in total. The molecule has 0 aromatic carbocycles. The van der Waals surface area contributed by atoms with Crippen molar-refractivity contribution in [3.05, 3.63) is 0 Å². The Balaban J connectivity index is 1.76. The Morgan fingerprint density at radius 2 is 2.09 bits per heavy atom. The van der Waals surface area contributed by atoms with Crippen LogP contribution in [-0.2, 0) is 14.3 Å². The van der Waals surface area contributed by atoms with Crippen molar-refractivity contribution >= 4 is 11.8 Å². The highest BCUT2D eigenvalue weighted by Crippen LogP contribution is 2.37. The largest absolute Gasteiger partial charge is 0.381 e. The number of hydrogen-bond acceptors (Lipinski definition) is 4. The summed E-state index contributed by atoms with van der Waals surface area (Å²) in [4.78, 5) is 27.8. The van der Waals surface area contributed by atoms with E-state index in [-0.39, 0.29) is 29.8 Å². The predicted molar refractivity (Wildman–Crippen MR) is 84.5 cm³/mol. The first-order chi connectivity index (χ1) is 10.4. The number of carbonyl (C=O) groups excluding carboxylic acids is 2. The maximum Gasteiger partial charge on any atom is 0.236 e. The van der Waals surface area contributed by atoms with E-state index in [4.69, 9.17) is 4.74 Å². The Bertz CT molecular complexity index is 405. The lowest BCUT2D eigenvalue weighted by Crippen LogP contribution is -2.44. The van der Waals surface area contributed by atoms with E-state index in [1.165, 1.54) is 0 Å². The van der Waals surface area contributed by atoms with E-state index in [2.05, 4.69) is 5.32 Å². The third kappa shape index (κ3) is 4.68. The van der Waals surface area contributed by atoms with Gasteiger partial charge in [0.2, 0.25) is 11.8 Å². The van der Waals surface area contributed by atoms with Gasteiger partial charge in [0, 0.05) is 31.2 Å². The zero-order valence-corrected chi connectivity index (χ0v) is 14.1. The molecular weight excluding hydrogens is 282 g/mol. The highest BCUT2D eigenvalue weighted by atomic mass is 16.5. The van der Waals surface area contributed by atoms with Crippen molar-refractivity contribution in [1.29, 1.82) is 0 Å². The molecule has 2 rings (SSSR count). The van der Waals surface area contributed by atoms with Gasteiger partial charge in [-0.15, -0.1) is 0 Å². The van der Waals surface area contributed by atoms with Crippen LogP contribution in [0.15, 0.2) is 0 Å². The van der Waals surface area contributed by atoms with Gasteiger partial charge in [-0.25, -0.2) is 0 Å². The van der Waals surface area contributed by atoms with Crippen LogP contribution in [-0.4, -0.2) is 74.1 Å². The average Bonchev–Trinajstić information content (AvgIpc) is 2.82. The van der Waals surface area contributed by atoms with Crippen molar-refractivity contribution in [3.8, 4) is 0 Å². The minimum atomic E-state index is -0.0381. The summed E-state index contributed by atoms with van der Waals surface area (Å²) in [6, 6.07) is 0.126. The number of likely N-dealkylation sites (tertiary alicyclic amines) is 1. The van der Waals surface area contributed by atoms with Crippen LogP contribution >= 0.6 is 0 Å². The minimum Gasteiger partial charge on any atom is -0.381 e. The summed E-state index contributed by atoms with van der Waals surface area (Å²) in [5.74, 6) is 0.0752. The summed E-state index contributed by atoms with van der Waals surface area (Å²) < 4.78 is 5.60. The molecule has 0 aromatic rings. The van der Waals surface area contributed by atoms with Crippen molar-refractivity contribution in [3.63, 3.8) is 0 Å². The predicted octanol–water partition coefficient (Wildman–Crippen LogP) is 0.472. The molecule has 1 atom stereocenters. The topological polar surface area (TPSA) is 61.9 Å². The summed E-state index contributed by atoms with van der Waals surface area (Å²) in [7, 11) is 1.81. The van der Waals surface area contributed by atoms with E-state index < -0.39 is 0 Å². The van der Waals surface area contributed by atoms with Crippen LogP contribution in [0.5, 0.6) is 0 Å². The summed E-state index contributed by atoms with van der Waals surface area (Å²) in [5, 5.41) is 2.84. The van der Waals surface area contributed by atoms with E-state index in [0.29, 0.717) is 6.54 Å². The number of likely N-dealkylation sites (N-methyl/N-ethyl adjacent to an activating group) is 1. The maximum atomic E-state index is 12.4. The fraction of sp³-hybridized carbons (Fsp3) is 0.875. The van der Waals surface area contributed by atoms with Gasteiger partial charge in [0.1, 0.15) is 0 Å². The van der Waals surface area contributed by atoms with Gasteiger partial charge in [0.25, 0.3) is 0 Å². The second-order valence-electron chi connectivity index (χ2n) is 7.12. The molecule has 2 amide bonds. The molecule has 22 heavy (non-hydrogen) atoms. The Hall–Kier alpha value is -1.14. The molecule has 0 bridgehead atoms. The molecule has 2 aliphatic heterocycles. The molecule has 126 valence electrons. The van der Waals surface area contributed by atoms with Gasteiger partial charge in [-0.1, -0.05) is 0 Å². The molecule has 2 saturated heterocycles. The van der Waals surface area contributed by atoms with Gasteiger partial charge in [0.05, 0.1) is 19.7 Å². The summed E-state index contributed by atoms with van der Waals surface area (Å²) in [6.07, 6.45) is 3.29. The third-order valence-corrected chi connectivity index (χ3v) is 4.46. The number of amides is 2. The van der Waals surface area contributed by atoms with Crippen molar-refractivity contribution in [2.75, 3.05) is 46.4 Å². The number of nitrogens with one attached hydrogen (secondary N) is 1. The molecule has 2 aliphatic rings. The SMILES string of the molecule is CC(C)NC(=O)CN(C)CC(=O)N1CCC2(CCCOC2)C1. The van der Waals surface area contributed by atoms with Gasteiger partial charge in [-0.05, 0) is 40.2 Å². The number of ether oxygens (including phenoxy) is 1.